The summed E-state index contributed by atoms with van der Waals surface area (Å²) in [6.45, 7) is 2.69. The summed E-state index contributed by atoms with van der Waals surface area (Å²) in [7, 11) is 0. The van der Waals surface area contributed by atoms with Gasteiger partial charge in [-0.1, -0.05) is 25.4 Å². The van der Waals surface area contributed by atoms with Crippen molar-refractivity contribution < 1.29 is 28.4 Å². The monoisotopic (exact) mass is 451 g/mol. The molecule has 11 heteroatoms. The highest BCUT2D eigenvalue weighted by Crippen LogP contribution is 2.22. The van der Waals surface area contributed by atoms with Crippen LogP contribution in [-0.2, 0) is 14.3 Å². The molecule has 1 atom stereocenters. The van der Waals surface area contributed by atoms with E-state index in [0.717, 1.165) is 24.3 Å². The molecule has 0 radical (unpaired) electrons. The summed E-state index contributed by atoms with van der Waals surface area (Å²) in [5.74, 6) is -3.09. The largest absolute Gasteiger partial charge is 0.454 e. The number of halogens is 2. The number of nitro benzene ring substituents is 1. The average molecular weight is 452 g/mol. The number of rotatable bonds is 8. The highest BCUT2D eigenvalue weighted by atomic mass is 35.5. The van der Waals surface area contributed by atoms with Crippen LogP contribution in [0.15, 0.2) is 42.5 Å². The van der Waals surface area contributed by atoms with Gasteiger partial charge in [0.15, 0.2) is 6.61 Å². The molecular formula is C20H19ClFN3O6. The van der Waals surface area contributed by atoms with Crippen LogP contribution in [0.1, 0.15) is 24.2 Å². The Balaban J connectivity index is 1.98. The Labute approximate surface area is 181 Å². The van der Waals surface area contributed by atoms with Gasteiger partial charge in [-0.25, -0.2) is 9.18 Å². The van der Waals surface area contributed by atoms with Crippen LogP contribution < -0.4 is 10.6 Å². The number of nitrogens with zero attached hydrogens (tertiary/aromatic N) is 1. The number of non-ortho nitro benzene ring substituents is 1. The molecular weight excluding hydrogens is 433 g/mol. The molecule has 2 amide bonds. The lowest BCUT2D eigenvalue weighted by molar-refractivity contribution is -0.384. The summed E-state index contributed by atoms with van der Waals surface area (Å²) in [6, 6.07) is 7.24. The van der Waals surface area contributed by atoms with Crippen LogP contribution >= 0.6 is 11.6 Å². The maximum Gasteiger partial charge on any atom is 0.329 e. The van der Waals surface area contributed by atoms with E-state index in [9.17, 15) is 28.9 Å². The van der Waals surface area contributed by atoms with Crippen molar-refractivity contribution in [2.24, 2.45) is 5.92 Å². The number of hydrogen-bond acceptors (Lipinski definition) is 6. The van der Waals surface area contributed by atoms with E-state index < -0.39 is 47.1 Å². The van der Waals surface area contributed by atoms with Gasteiger partial charge in [-0.2, -0.15) is 0 Å². The zero-order chi connectivity index (χ0) is 23.1. The van der Waals surface area contributed by atoms with Crippen LogP contribution in [-0.4, -0.2) is 35.4 Å². The topological polar surface area (TPSA) is 128 Å². The number of ether oxygens (including phenoxy) is 1. The Bertz CT molecular complexity index is 997. The Morgan fingerprint density at radius 1 is 1.16 bits per heavy atom. The van der Waals surface area contributed by atoms with E-state index in [0.29, 0.717) is 5.69 Å². The lowest BCUT2D eigenvalue weighted by atomic mass is 10.0. The molecule has 2 N–H and O–H groups in total. The minimum absolute atomic E-state index is 0.0558. The van der Waals surface area contributed by atoms with Crippen molar-refractivity contribution in [2.75, 3.05) is 11.9 Å². The third-order valence-electron chi connectivity index (χ3n) is 4.09. The quantitative estimate of drug-likeness (QED) is 0.360. The van der Waals surface area contributed by atoms with E-state index in [4.69, 9.17) is 16.3 Å². The molecule has 0 aliphatic carbocycles. The Morgan fingerprint density at radius 3 is 2.35 bits per heavy atom. The number of esters is 1. The van der Waals surface area contributed by atoms with Crippen molar-refractivity contribution in [2.45, 2.75) is 19.9 Å². The fourth-order valence-electron chi connectivity index (χ4n) is 2.48. The normalized spacial score (nSPS) is 11.5. The van der Waals surface area contributed by atoms with Gasteiger partial charge in [0.25, 0.3) is 17.5 Å². The van der Waals surface area contributed by atoms with Gasteiger partial charge in [-0.05, 0) is 36.2 Å². The zero-order valence-electron chi connectivity index (χ0n) is 16.6. The molecule has 2 rings (SSSR count). The van der Waals surface area contributed by atoms with Gasteiger partial charge in [-0.15, -0.1) is 0 Å². The van der Waals surface area contributed by atoms with Gasteiger partial charge in [0, 0.05) is 17.8 Å². The second kappa shape index (κ2) is 10.5. The number of nitro groups is 1. The summed E-state index contributed by atoms with van der Waals surface area (Å²) in [5.41, 5.74) is -0.0164. The van der Waals surface area contributed by atoms with Crippen LogP contribution in [0, 0.1) is 21.8 Å². The first kappa shape index (κ1) is 23.7. The highest BCUT2D eigenvalue weighted by molar-refractivity contribution is 6.34. The van der Waals surface area contributed by atoms with E-state index in [-0.39, 0.29) is 16.3 Å². The number of carbonyl (C=O) groups is 3. The lowest BCUT2D eigenvalue weighted by Gasteiger charge is -2.21. The standard InChI is InChI=1S/C20H19ClFN3O6/c1-11(2)18(24-19(27)15-8-7-14(25(29)30)9-16(15)21)20(28)31-10-17(26)23-13-5-3-12(22)4-6-13/h3-9,11,18H,10H2,1-2H3,(H,23,26)(H,24,27). The van der Waals surface area contributed by atoms with E-state index >= 15 is 0 Å². The van der Waals surface area contributed by atoms with Gasteiger partial charge in [-0.3, -0.25) is 19.7 Å². The van der Waals surface area contributed by atoms with Gasteiger partial charge in [0.2, 0.25) is 0 Å². The molecule has 164 valence electrons. The van der Waals surface area contributed by atoms with Crippen molar-refractivity contribution in [3.8, 4) is 0 Å². The van der Waals surface area contributed by atoms with E-state index in [1.165, 1.54) is 18.2 Å². The van der Waals surface area contributed by atoms with Crippen LogP contribution in [0.3, 0.4) is 0 Å². The second-order valence-corrected chi connectivity index (χ2v) is 7.19. The van der Waals surface area contributed by atoms with Crippen LogP contribution in [0.5, 0.6) is 0 Å². The number of carbonyl (C=O) groups excluding carboxylic acids is 3. The first-order chi connectivity index (χ1) is 14.6. The fraction of sp³-hybridized carbons (Fsp3) is 0.250. The summed E-state index contributed by atoms with van der Waals surface area (Å²) >= 11 is 5.94. The molecule has 9 nitrogen and oxygen atoms in total. The van der Waals surface area contributed by atoms with Crippen LogP contribution in [0.4, 0.5) is 15.8 Å². The predicted octanol–water partition coefficient (Wildman–Crippen LogP) is 3.32. The first-order valence-corrected chi connectivity index (χ1v) is 9.43. The number of benzene rings is 2. The summed E-state index contributed by atoms with van der Waals surface area (Å²) in [6.07, 6.45) is 0. The average Bonchev–Trinajstić information content (AvgIpc) is 2.71. The molecule has 0 aliphatic heterocycles. The number of anilines is 1. The summed E-state index contributed by atoms with van der Waals surface area (Å²) in [5, 5.41) is 15.5. The molecule has 0 spiro atoms. The number of hydrogen-bond donors (Lipinski definition) is 2. The molecule has 0 aromatic heterocycles. The first-order valence-electron chi connectivity index (χ1n) is 9.05. The lowest BCUT2D eigenvalue weighted by Crippen LogP contribution is -2.46. The molecule has 0 heterocycles. The summed E-state index contributed by atoms with van der Waals surface area (Å²) in [4.78, 5) is 46.9. The highest BCUT2D eigenvalue weighted by Gasteiger charge is 2.28. The van der Waals surface area contributed by atoms with Gasteiger partial charge in [0.1, 0.15) is 11.9 Å². The minimum Gasteiger partial charge on any atom is -0.454 e. The third kappa shape index (κ3) is 6.75. The second-order valence-electron chi connectivity index (χ2n) is 6.78. The van der Waals surface area contributed by atoms with E-state index in [2.05, 4.69) is 10.6 Å². The molecule has 1 unspecified atom stereocenters. The molecule has 0 fully saturated rings. The Kier molecular flexibility index (Phi) is 8.03. The number of nitrogens with one attached hydrogen (secondary N) is 2. The molecule has 0 bridgehead atoms. The van der Waals surface area contributed by atoms with Crippen molar-refractivity contribution in [1.29, 1.82) is 0 Å². The molecule has 2 aromatic carbocycles. The maximum atomic E-state index is 12.9. The van der Waals surface area contributed by atoms with E-state index in [1.54, 1.807) is 13.8 Å². The maximum absolute atomic E-state index is 12.9. The molecule has 0 aliphatic rings. The van der Waals surface area contributed by atoms with Crippen LogP contribution in [0.25, 0.3) is 0 Å². The van der Waals surface area contributed by atoms with Crippen molar-refractivity contribution in [3.05, 3.63) is 69.0 Å². The molecule has 31 heavy (non-hydrogen) atoms. The van der Waals surface area contributed by atoms with Crippen molar-refractivity contribution in [1.82, 2.24) is 5.32 Å². The third-order valence-corrected chi connectivity index (χ3v) is 4.40. The van der Waals surface area contributed by atoms with Crippen LogP contribution in [0.2, 0.25) is 5.02 Å². The Hall–Kier alpha value is -3.53. The molecule has 0 saturated carbocycles. The smallest absolute Gasteiger partial charge is 0.329 e. The fourth-order valence-corrected chi connectivity index (χ4v) is 2.74. The predicted molar refractivity (Wildman–Crippen MR) is 110 cm³/mol. The zero-order valence-corrected chi connectivity index (χ0v) is 17.3. The Morgan fingerprint density at radius 2 is 1.81 bits per heavy atom. The van der Waals surface area contributed by atoms with Gasteiger partial charge >= 0.3 is 5.97 Å². The van der Waals surface area contributed by atoms with Crippen molar-refractivity contribution in [3.63, 3.8) is 0 Å². The van der Waals surface area contributed by atoms with E-state index in [1.807, 2.05) is 0 Å². The SMILES string of the molecule is CC(C)C(NC(=O)c1ccc([N+](=O)[O-])cc1Cl)C(=O)OCC(=O)Nc1ccc(F)cc1. The van der Waals surface area contributed by atoms with Gasteiger partial charge in [0.05, 0.1) is 15.5 Å². The molecule has 0 saturated heterocycles. The van der Waals surface area contributed by atoms with Crippen molar-refractivity contribution >= 4 is 40.8 Å². The number of amides is 2. The van der Waals surface area contributed by atoms with Gasteiger partial charge < -0.3 is 15.4 Å². The summed E-state index contributed by atoms with van der Waals surface area (Å²) < 4.78 is 17.9. The molecule has 2 aromatic rings. The minimum atomic E-state index is -1.10.